The predicted octanol–water partition coefficient (Wildman–Crippen LogP) is -0.487. The van der Waals surface area contributed by atoms with Crippen molar-refractivity contribution in [2.75, 3.05) is 0 Å². The molecule has 0 bridgehead atoms. The van der Waals surface area contributed by atoms with Crippen LogP contribution in [0.3, 0.4) is 0 Å². The Labute approximate surface area is 91.5 Å². The molecule has 16 heavy (non-hydrogen) atoms. The molecule has 1 aromatic heterocycles. The summed E-state index contributed by atoms with van der Waals surface area (Å²) in [5.41, 5.74) is -0.466. The van der Waals surface area contributed by atoms with Crippen molar-refractivity contribution in [2.24, 2.45) is 0 Å². The van der Waals surface area contributed by atoms with Crippen molar-refractivity contribution >= 4 is 0 Å². The van der Waals surface area contributed by atoms with Gasteiger partial charge in [0, 0.05) is 18.2 Å². The van der Waals surface area contributed by atoms with Crippen LogP contribution in [0.1, 0.15) is 25.1 Å². The van der Waals surface area contributed by atoms with E-state index in [9.17, 15) is 14.7 Å². The first kappa shape index (κ1) is 11.1. The Kier molecular flexibility index (Phi) is 2.69. The molecule has 0 spiro atoms. The lowest BCUT2D eigenvalue weighted by Gasteiger charge is -2.13. The number of rotatable bonds is 1. The smallest absolute Gasteiger partial charge is 0.330 e. The monoisotopic (exact) mass is 226 g/mol. The third-order valence-electron chi connectivity index (χ3n) is 2.81. The summed E-state index contributed by atoms with van der Waals surface area (Å²) < 4.78 is 6.74. The van der Waals surface area contributed by atoms with E-state index in [1.165, 1.54) is 10.8 Å². The molecule has 2 rings (SSSR count). The van der Waals surface area contributed by atoms with Gasteiger partial charge in [-0.15, -0.1) is 0 Å². The summed E-state index contributed by atoms with van der Waals surface area (Å²) in [6.45, 7) is 3.36. The molecule has 0 radical (unpaired) electrons. The van der Waals surface area contributed by atoms with Crippen molar-refractivity contribution in [3.63, 3.8) is 0 Å². The highest BCUT2D eigenvalue weighted by atomic mass is 16.5. The average molecular weight is 226 g/mol. The Morgan fingerprint density at radius 1 is 1.56 bits per heavy atom. The van der Waals surface area contributed by atoms with Crippen LogP contribution in [0, 0.1) is 6.92 Å². The molecule has 2 heterocycles. The first-order valence-corrected chi connectivity index (χ1v) is 5.14. The maximum absolute atomic E-state index is 11.5. The number of aliphatic hydroxyl groups excluding tert-OH is 1. The lowest BCUT2D eigenvalue weighted by Crippen LogP contribution is -2.33. The molecule has 0 aromatic carbocycles. The van der Waals surface area contributed by atoms with Crippen molar-refractivity contribution in [1.29, 1.82) is 0 Å². The molecule has 2 N–H and O–H groups in total. The van der Waals surface area contributed by atoms with E-state index in [0.29, 0.717) is 12.0 Å². The van der Waals surface area contributed by atoms with Gasteiger partial charge in [-0.3, -0.25) is 14.3 Å². The Bertz CT molecular complexity index is 494. The van der Waals surface area contributed by atoms with Crippen LogP contribution >= 0.6 is 0 Å². The molecule has 0 aliphatic carbocycles. The van der Waals surface area contributed by atoms with Crippen molar-refractivity contribution in [1.82, 2.24) is 9.55 Å². The molecule has 1 aromatic rings. The number of ether oxygens (including phenoxy) is 1. The van der Waals surface area contributed by atoms with Gasteiger partial charge < -0.3 is 9.84 Å². The number of hydrogen-bond donors (Lipinski definition) is 2. The van der Waals surface area contributed by atoms with Gasteiger partial charge in [-0.2, -0.15) is 0 Å². The van der Waals surface area contributed by atoms with E-state index >= 15 is 0 Å². The molecule has 3 atom stereocenters. The number of aliphatic hydroxyl groups is 1. The Hall–Kier alpha value is -1.40. The highest BCUT2D eigenvalue weighted by Crippen LogP contribution is 2.26. The zero-order valence-corrected chi connectivity index (χ0v) is 9.14. The van der Waals surface area contributed by atoms with E-state index in [4.69, 9.17) is 4.74 Å². The highest BCUT2D eigenvalue weighted by Gasteiger charge is 2.32. The maximum atomic E-state index is 11.5. The average Bonchev–Trinajstić information content (AvgIpc) is 2.53. The van der Waals surface area contributed by atoms with Crippen molar-refractivity contribution in [3.8, 4) is 0 Å². The third kappa shape index (κ3) is 1.81. The zero-order valence-electron chi connectivity index (χ0n) is 9.14. The van der Waals surface area contributed by atoms with Crippen molar-refractivity contribution in [2.45, 2.75) is 38.7 Å². The second kappa shape index (κ2) is 3.88. The third-order valence-corrected chi connectivity index (χ3v) is 2.81. The van der Waals surface area contributed by atoms with Crippen LogP contribution < -0.4 is 11.2 Å². The van der Waals surface area contributed by atoms with Crippen molar-refractivity contribution < 1.29 is 9.84 Å². The van der Waals surface area contributed by atoms with E-state index < -0.39 is 23.6 Å². The number of aromatic nitrogens is 2. The van der Waals surface area contributed by atoms with Gasteiger partial charge in [0.25, 0.3) is 5.56 Å². The summed E-state index contributed by atoms with van der Waals surface area (Å²) in [6, 6.07) is 0. The van der Waals surface area contributed by atoms with Gasteiger partial charge in [-0.05, 0) is 13.8 Å². The molecular formula is C10H14N2O4. The predicted molar refractivity (Wildman–Crippen MR) is 56.3 cm³/mol. The second-order valence-corrected chi connectivity index (χ2v) is 4.08. The first-order valence-electron chi connectivity index (χ1n) is 5.14. The standard InChI is InChI=1S/C10H14N2O4/c1-5-4-12(10(15)11-9(5)14)8-3-7(13)6(2)16-8/h4,6-8,13H,3H2,1-2H3,(H,11,14,15)/t6-,7-,8+/m0/s1. The fourth-order valence-corrected chi connectivity index (χ4v) is 1.77. The van der Waals surface area contributed by atoms with Gasteiger partial charge in [0.15, 0.2) is 0 Å². The van der Waals surface area contributed by atoms with Crippen LogP contribution in [0.4, 0.5) is 0 Å². The van der Waals surface area contributed by atoms with Gasteiger partial charge in [0.2, 0.25) is 0 Å². The normalized spacial score (nSPS) is 29.6. The van der Waals surface area contributed by atoms with Gasteiger partial charge in [-0.25, -0.2) is 4.79 Å². The van der Waals surface area contributed by atoms with Crippen LogP contribution in [0.15, 0.2) is 15.8 Å². The summed E-state index contributed by atoms with van der Waals surface area (Å²) in [5, 5.41) is 9.53. The summed E-state index contributed by atoms with van der Waals surface area (Å²) in [5.74, 6) is 0. The summed E-state index contributed by atoms with van der Waals surface area (Å²) in [7, 11) is 0. The number of aromatic amines is 1. The lowest BCUT2D eigenvalue weighted by atomic mass is 10.2. The highest BCUT2D eigenvalue weighted by molar-refractivity contribution is 5.01. The fraction of sp³-hybridized carbons (Fsp3) is 0.600. The Balaban J connectivity index is 2.39. The minimum absolute atomic E-state index is 0.302. The van der Waals surface area contributed by atoms with Crippen molar-refractivity contribution in [3.05, 3.63) is 32.6 Å². The fourth-order valence-electron chi connectivity index (χ4n) is 1.77. The van der Waals surface area contributed by atoms with E-state index in [1.54, 1.807) is 13.8 Å². The molecule has 6 nitrogen and oxygen atoms in total. The van der Waals surface area contributed by atoms with E-state index in [1.807, 2.05) is 0 Å². The Morgan fingerprint density at radius 2 is 2.25 bits per heavy atom. The minimum atomic E-state index is -0.580. The molecule has 6 heteroatoms. The summed E-state index contributed by atoms with van der Waals surface area (Å²) in [4.78, 5) is 24.9. The zero-order chi connectivity index (χ0) is 11.9. The molecule has 88 valence electrons. The maximum Gasteiger partial charge on any atom is 0.330 e. The number of hydrogen-bond acceptors (Lipinski definition) is 4. The quantitative estimate of drug-likeness (QED) is 0.677. The molecule has 0 saturated carbocycles. The van der Waals surface area contributed by atoms with Crippen LogP contribution in [0.2, 0.25) is 0 Å². The van der Waals surface area contributed by atoms with Gasteiger partial charge >= 0.3 is 5.69 Å². The molecular weight excluding hydrogens is 212 g/mol. The molecule has 1 fully saturated rings. The summed E-state index contributed by atoms with van der Waals surface area (Å²) >= 11 is 0. The molecule has 1 saturated heterocycles. The second-order valence-electron chi connectivity index (χ2n) is 4.08. The first-order chi connectivity index (χ1) is 7.49. The van der Waals surface area contributed by atoms with Crippen LogP contribution in [-0.4, -0.2) is 26.9 Å². The molecule has 0 unspecified atom stereocenters. The van der Waals surface area contributed by atoms with E-state index in [2.05, 4.69) is 4.98 Å². The van der Waals surface area contributed by atoms with Crippen LogP contribution in [0.25, 0.3) is 0 Å². The Morgan fingerprint density at radius 3 is 2.81 bits per heavy atom. The van der Waals surface area contributed by atoms with Gasteiger partial charge in [-0.1, -0.05) is 0 Å². The molecule has 1 aliphatic heterocycles. The number of aryl methyl sites for hydroxylation is 1. The van der Waals surface area contributed by atoms with E-state index in [0.717, 1.165) is 0 Å². The van der Waals surface area contributed by atoms with Gasteiger partial charge in [0.1, 0.15) is 6.23 Å². The molecule has 0 amide bonds. The number of H-pyrrole nitrogens is 1. The number of nitrogens with one attached hydrogen (secondary N) is 1. The van der Waals surface area contributed by atoms with Crippen LogP contribution in [0.5, 0.6) is 0 Å². The van der Waals surface area contributed by atoms with Gasteiger partial charge in [0.05, 0.1) is 12.2 Å². The minimum Gasteiger partial charge on any atom is -0.390 e. The van der Waals surface area contributed by atoms with E-state index in [-0.39, 0.29) is 6.10 Å². The van der Waals surface area contributed by atoms with Crippen LogP contribution in [-0.2, 0) is 4.74 Å². The topological polar surface area (TPSA) is 84.3 Å². The molecule has 1 aliphatic rings. The lowest BCUT2D eigenvalue weighted by molar-refractivity contribution is -0.0102. The largest absolute Gasteiger partial charge is 0.390 e. The summed E-state index contributed by atoms with van der Waals surface area (Å²) in [6.07, 6.45) is 0.421. The SMILES string of the molecule is Cc1cn([C@H]2C[C@H](O)[C@H](C)O2)c(=O)[nH]c1=O. The number of nitrogens with zero attached hydrogens (tertiary/aromatic N) is 1.